The maximum absolute atomic E-state index is 13.5. The van der Waals surface area contributed by atoms with Crippen LogP contribution >= 0.6 is 0 Å². The van der Waals surface area contributed by atoms with Crippen molar-refractivity contribution in [2.75, 3.05) is 25.2 Å². The van der Waals surface area contributed by atoms with Crippen LogP contribution in [-0.2, 0) is 9.59 Å². The summed E-state index contributed by atoms with van der Waals surface area (Å²) < 4.78 is 16.8. The summed E-state index contributed by atoms with van der Waals surface area (Å²) in [5.41, 5.74) is 2.35. The predicted molar refractivity (Wildman–Crippen MR) is 142 cm³/mol. The molecule has 1 amide bonds. The molecule has 1 saturated heterocycles. The normalized spacial score (nSPS) is 16.6. The number of ketones is 1. The second kappa shape index (κ2) is 11.2. The van der Waals surface area contributed by atoms with E-state index in [1.54, 1.807) is 48.5 Å². The number of benzene rings is 3. The third-order valence-corrected chi connectivity index (χ3v) is 6.17. The van der Waals surface area contributed by atoms with Crippen LogP contribution in [0, 0.1) is 6.92 Å². The summed E-state index contributed by atoms with van der Waals surface area (Å²) in [5.74, 6) is 0.0971. The van der Waals surface area contributed by atoms with Gasteiger partial charge in [0.1, 0.15) is 23.0 Å². The minimum Gasteiger partial charge on any atom is -0.507 e. The summed E-state index contributed by atoms with van der Waals surface area (Å²) in [6, 6.07) is 18.5. The molecule has 3 aromatic carbocycles. The third-order valence-electron chi connectivity index (χ3n) is 6.17. The lowest BCUT2D eigenvalue weighted by Gasteiger charge is -2.26. The fraction of sp³-hybridized carbons (Fsp3) is 0.267. The van der Waals surface area contributed by atoms with E-state index >= 15 is 0 Å². The molecule has 0 spiro atoms. The molecule has 0 bridgehead atoms. The number of anilines is 1. The molecule has 0 aromatic heterocycles. The first-order chi connectivity index (χ1) is 17.9. The van der Waals surface area contributed by atoms with Gasteiger partial charge in [-0.25, -0.2) is 0 Å². The molecule has 1 aliphatic heterocycles. The zero-order valence-corrected chi connectivity index (χ0v) is 21.5. The molecule has 1 fully saturated rings. The Balaban J connectivity index is 1.90. The highest BCUT2D eigenvalue weighted by Gasteiger charge is 2.47. The molecular formula is C30H31NO6. The number of amides is 1. The lowest BCUT2D eigenvalue weighted by atomic mass is 9.94. The number of aliphatic hydroxyl groups excluding tert-OH is 1. The van der Waals surface area contributed by atoms with Gasteiger partial charge in [-0.05, 0) is 73.9 Å². The molecule has 0 aliphatic carbocycles. The van der Waals surface area contributed by atoms with Crippen LogP contribution in [0.1, 0.15) is 43.0 Å². The first-order valence-corrected chi connectivity index (χ1v) is 12.3. The molecule has 1 heterocycles. The minimum atomic E-state index is -0.871. The Hall–Kier alpha value is -4.26. The van der Waals surface area contributed by atoms with Crippen molar-refractivity contribution in [1.82, 2.24) is 0 Å². The SMILES string of the molecule is CCCOc1cccc(C2/C(=C(\O)c3ccc(OCC)c(C)c3)C(=O)C(=O)N2c2cccc(OC)c2)c1. The molecular weight excluding hydrogens is 470 g/mol. The number of carbonyl (C=O) groups excluding carboxylic acids is 2. The Kier molecular flexibility index (Phi) is 7.82. The predicted octanol–water partition coefficient (Wildman–Crippen LogP) is 5.82. The standard InChI is InChI=1S/C30H31NO6/c1-5-15-37-24-12-7-9-20(17-24)27-26(28(32)21-13-14-25(36-6-2)19(3)16-21)29(33)30(34)31(27)22-10-8-11-23(18-22)35-4/h7-14,16-18,27,32H,5-6,15H2,1-4H3/b28-26+. The number of aryl methyl sites for hydroxylation is 1. The van der Waals surface area contributed by atoms with E-state index in [-0.39, 0.29) is 11.3 Å². The van der Waals surface area contributed by atoms with Crippen molar-refractivity contribution >= 4 is 23.1 Å². The van der Waals surface area contributed by atoms with Crippen LogP contribution in [0.3, 0.4) is 0 Å². The molecule has 4 rings (SSSR count). The van der Waals surface area contributed by atoms with Crippen LogP contribution in [0.15, 0.2) is 72.3 Å². The molecule has 0 radical (unpaired) electrons. The molecule has 1 aliphatic rings. The van der Waals surface area contributed by atoms with Gasteiger partial charge in [-0.15, -0.1) is 0 Å². The molecule has 1 N–H and O–H groups in total. The summed E-state index contributed by atoms with van der Waals surface area (Å²) in [4.78, 5) is 28.3. The van der Waals surface area contributed by atoms with E-state index in [9.17, 15) is 14.7 Å². The maximum atomic E-state index is 13.5. The molecule has 0 saturated carbocycles. The van der Waals surface area contributed by atoms with Crippen LogP contribution in [0.25, 0.3) is 5.76 Å². The third kappa shape index (κ3) is 5.16. The van der Waals surface area contributed by atoms with Gasteiger partial charge in [-0.2, -0.15) is 0 Å². The topological polar surface area (TPSA) is 85.3 Å². The summed E-state index contributed by atoms with van der Waals surface area (Å²) in [6.07, 6.45) is 0.837. The van der Waals surface area contributed by atoms with Gasteiger partial charge in [0.25, 0.3) is 11.7 Å². The highest BCUT2D eigenvalue weighted by molar-refractivity contribution is 6.51. The molecule has 37 heavy (non-hydrogen) atoms. The number of carbonyl (C=O) groups is 2. The van der Waals surface area contributed by atoms with Gasteiger partial charge in [0.15, 0.2) is 0 Å². The van der Waals surface area contributed by atoms with E-state index < -0.39 is 17.7 Å². The van der Waals surface area contributed by atoms with Crippen LogP contribution in [-0.4, -0.2) is 37.1 Å². The summed E-state index contributed by atoms with van der Waals surface area (Å²) >= 11 is 0. The average Bonchev–Trinajstić information content (AvgIpc) is 3.18. The molecule has 1 atom stereocenters. The van der Waals surface area contributed by atoms with E-state index in [1.807, 2.05) is 39.0 Å². The zero-order valence-electron chi connectivity index (χ0n) is 21.5. The summed E-state index contributed by atoms with van der Waals surface area (Å²) in [6.45, 7) is 6.81. The lowest BCUT2D eigenvalue weighted by Crippen LogP contribution is -2.29. The summed E-state index contributed by atoms with van der Waals surface area (Å²) in [5, 5.41) is 11.4. The number of aliphatic hydroxyl groups is 1. The Morgan fingerprint density at radius 2 is 1.70 bits per heavy atom. The van der Waals surface area contributed by atoms with Gasteiger partial charge in [0, 0.05) is 17.3 Å². The van der Waals surface area contributed by atoms with E-state index in [4.69, 9.17) is 14.2 Å². The highest BCUT2D eigenvalue weighted by atomic mass is 16.5. The Labute approximate surface area is 216 Å². The van der Waals surface area contributed by atoms with Gasteiger partial charge in [0.05, 0.1) is 31.9 Å². The second-order valence-electron chi connectivity index (χ2n) is 8.70. The quantitative estimate of drug-likeness (QED) is 0.226. The van der Waals surface area contributed by atoms with Crippen molar-refractivity contribution in [3.63, 3.8) is 0 Å². The number of methoxy groups -OCH3 is 1. The van der Waals surface area contributed by atoms with Crippen molar-refractivity contribution < 1.29 is 28.9 Å². The lowest BCUT2D eigenvalue weighted by molar-refractivity contribution is -0.132. The van der Waals surface area contributed by atoms with Crippen molar-refractivity contribution in [2.24, 2.45) is 0 Å². The van der Waals surface area contributed by atoms with Gasteiger partial charge in [-0.1, -0.05) is 25.1 Å². The number of hydrogen-bond acceptors (Lipinski definition) is 6. The van der Waals surface area contributed by atoms with Crippen LogP contribution in [0.2, 0.25) is 0 Å². The maximum Gasteiger partial charge on any atom is 0.300 e. The van der Waals surface area contributed by atoms with E-state index in [0.717, 1.165) is 12.0 Å². The van der Waals surface area contributed by atoms with Gasteiger partial charge < -0.3 is 19.3 Å². The minimum absolute atomic E-state index is 0.00372. The van der Waals surface area contributed by atoms with Crippen LogP contribution < -0.4 is 19.1 Å². The van der Waals surface area contributed by atoms with Crippen molar-refractivity contribution in [3.8, 4) is 17.2 Å². The number of rotatable bonds is 9. The monoisotopic (exact) mass is 501 g/mol. The number of ether oxygens (including phenoxy) is 3. The first kappa shape index (κ1) is 25.8. The van der Waals surface area contributed by atoms with Crippen molar-refractivity contribution in [3.05, 3.63) is 89.0 Å². The van der Waals surface area contributed by atoms with E-state index in [0.29, 0.717) is 47.3 Å². The smallest absolute Gasteiger partial charge is 0.300 e. The Morgan fingerprint density at radius 3 is 2.41 bits per heavy atom. The Morgan fingerprint density at radius 1 is 0.946 bits per heavy atom. The number of Topliss-reactive ketones (excluding diaryl/α,β-unsaturated/α-hetero) is 1. The van der Waals surface area contributed by atoms with Gasteiger partial charge in [0.2, 0.25) is 0 Å². The fourth-order valence-corrected chi connectivity index (χ4v) is 4.44. The average molecular weight is 502 g/mol. The molecule has 192 valence electrons. The van der Waals surface area contributed by atoms with E-state index in [1.165, 1.54) is 12.0 Å². The fourth-order valence-electron chi connectivity index (χ4n) is 4.44. The van der Waals surface area contributed by atoms with Crippen molar-refractivity contribution in [1.29, 1.82) is 0 Å². The Bertz CT molecular complexity index is 1350. The largest absolute Gasteiger partial charge is 0.507 e. The summed E-state index contributed by atoms with van der Waals surface area (Å²) in [7, 11) is 1.54. The molecule has 3 aromatic rings. The van der Waals surface area contributed by atoms with Gasteiger partial charge in [-0.3, -0.25) is 14.5 Å². The van der Waals surface area contributed by atoms with Gasteiger partial charge >= 0.3 is 0 Å². The second-order valence-corrected chi connectivity index (χ2v) is 8.70. The molecule has 1 unspecified atom stereocenters. The molecule has 7 nitrogen and oxygen atoms in total. The zero-order chi connectivity index (χ0) is 26.5. The number of hydrogen-bond donors (Lipinski definition) is 1. The van der Waals surface area contributed by atoms with Crippen LogP contribution in [0.4, 0.5) is 5.69 Å². The van der Waals surface area contributed by atoms with E-state index in [2.05, 4.69) is 0 Å². The molecule has 7 heteroatoms. The number of nitrogens with zero attached hydrogens (tertiary/aromatic N) is 1. The van der Waals surface area contributed by atoms with Crippen molar-refractivity contribution in [2.45, 2.75) is 33.2 Å². The first-order valence-electron chi connectivity index (χ1n) is 12.3. The van der Waals surface area contributed by atoms with Crippen LogP contribution in [0.5, 0.6) is 17.2 Å². The highest BCUT2D eigenvalue weighted by Crippen LogP contribution is 2.43.